The molecule has 1 fully saturated rings. The fraction of sp³-hybridized carbons (Fsp3) is 0.267. The first kappa shape index (κ1) is 14.9. The molecule has 1 saturated heterocycles. The molecule has 3 heterocycles. The van der Waals surface area contributed by atoms with Gasteiger partial charge < -0.3 is 15.0 Å². The summed E-state index contributed by atoms with van der Waals surface area (Å²) in [5.74, 6) is 0.430. The number of ether oxygens (including phenoxy) is 1. The highest BCUT2D eigenvalue weighted by Gasteiger charge is 2.16. The lowest BCUT2D eigenvalue weighted by Gasteiger charge is -2.27. The molecule has 0 aliphatic carbocycles. The Morgan fingerprint density at radius 3 is 2.96 bits per heavy atom. The number of amides is 1. The lowest BCUT2D eigenvalue weighted by atomic mass is 10.2. The van der Waals surface area contributed by atoms with E-state index in [0.29, 0.717) is 30.1 Å². The number of anilines is 2. The van der Waals surface area contributed by atoms with Crippen molar-refractivity contribution in [1.82, 2.24) is 18.7 Å². The molecule has 0 atom stereocenters. The first-order valence-electron chi connectivity index (χ1n) is 7.48. The Morgan fingerprint density at radius 1 is 1.21 bits per heavy atom. The number of benzene rings is 1. The number of nitrogens with zero attached hydrogens (tertiary/aromatic N) is 5. The van der Waals surface area contributed by atoms with Crippen LogP contribution in [0.4, 0.5) is 11.5 Å². The second-order valence-corrected chi connectivity index (χ2v) is 5.78. The van der Waals surface area contributed by atoms with Crippen LogP contribution in [-0.4, -0.2) is 50.9 Å². The van der Waals surface area contributed by atoms with Crippen LogP contribution in [0.1, 0.15) is 10.5 Å². The predicted octanol–water partition coefficient (Wildman–Crippen LogP) is 1.57. The van der Waals surface area contributed by atoms with Gasteiger partial charge in [0.05, 0.1) is 30.6 Å². The van der Waals surface area contributed by atoms with E-state index in [1.807, 2.05) is 12.1 Å². The van der Waals surface area contributed by atoms with Crippen molar-refractivity contribution in [3.05, 3.63) is 36.3 Å². The molecule has 1 aromatic carbocycles. The molecule has 24 heavy (non-hydrogen) atoms. The van der Waals surface area contributed by atoms with Gasteiger partial charge in [-0.3, -0.25) is 4.79 Å². The van der Waals surface area contributed by atoms with Crippen LogP contribution in [0.3, 0.4) is 0 Å². The van der Waals surface area contributed by atoms with Gasteiger partial charge in [-0.25, -0.2) is 9.97 Å². The van der Waals surface area contributed by atoms with E-state index in [2.05, 4.69) is 28.9 Å². The minimum absolute atomic E-state index is 0.299. The molecular weight excluding hydrogens is 328 g/mol. The van der Waals surface area contributed by atoms with Crippen molar-refractivity contribution in [2.75, 3.05) is 36.5 Å². The van der Waals surface area contributed by atoms with Crippen LogP contribution >= 0.6 is 11.7 Å². The topological polar surface area (TPSA) is 93.1 Å². The standard InChI is InChI=1S/C15H14N6O2S/c22-15(18-10-2-1-3-11-14(10)20-24-19-11)12-8-13(17-9-16-12)21-4-6-23-7-5-21/h1-3,8-9H,4-7H2,(H,18,22). The first-order valence-corrected chi connectivity index (χ1v) is 8.22. The molecule has 122 valence electrons. The molecule has 9 heteroatoms. The highest BCUT2D eigenvalue weighted by Crippen LogP contribution is 2.22. The predicted molar refractivity (Wildman–Crippen MR) is 90.4 cm³/mol. The molecule has 0 radical (unpaired) electrons. The maximum atomic E-state index is 12.5. The van der Waals surface area contributed by atoms with Crippen LogP contribution in [0, 0.1) is 0 Å². The molecule has 1 N–H and O–H groups in total. The number of aromatic nitrogens is 4. The van der Waals surface area contributed by atoms with Crippen molar-refractivity contribution in [2.24, 2.45) is 0 Å². The normalized spacial score (nSPS) is 14.8. The number of carbonyl (C=O) groups is 1. The number of hydrogen-bond acceptors (Lipinski definition) is 8. The van der Waals surface area contributed by atoms with Gasteiger partial charge in [0.15, 0.2) is 0 Å². The van der Waals surface area contributed by atoms with Gasteiger partial charge in [-0.15, -0.1) is 0 Å². The van der Waals surface area contributed by atoms with E-state index in [0.717, 1.165) is 36.2 Å². The first-order chi connectivity index (χ1) is 11.8. The van der Waals surface area contributed by atoms with E-state index in [9.17, 15) is 4.79 Å². The Labute approximate surface area is 141 Å². The summed E-state index contributed by atoms with van der Waals surface area (Å²) >= 11 is 1.12. The third-order valence-electron chi connectivity index (χ3n) is 3.75. The van der Waals surface area contributed by atoms with Crippen molar-refractivity contribution in [3.8, 4) is 0 Å². The van der Waals surface area contributed by atoms with E-state index in [1.165, 1.54) is 6.33 Å². The summed E-state index contributed by atoms with van der Waals surface area (Å²) in [6, 6.07) is 7.18. The van der Waals surface area contributed by atoms with Crippen LogP contribution < -0.4 is 10.2 Å². The number of hydrogen-bond donors (Lipinski definition) is 1. The summed E-state index contributed by atoms with van der Waals surface area (Å²) in [7, 11) is 0. The lowest BCUT2D eigenvalue weighted by Crippen LogP contribution is -2.37. The number of nitrogens with one attached hydrogen (secondary N) is 1. The summed E-state index contributed by atoms with van der Waals surface area (Å²) in [5.41, 5.74) is 2.37. The van der Waals surface area contributed by atoms with Gasteiger partial charge in [0.2, 0.25) is 0 Å². The van der Waals surface area contributed by atoms with Crippen molar-refractivity contribution < 1.29 is 9.53 Å². The second kappa shape index (κ2) is 6.46. The maximum Gasteiger partial charge on any atom is 0.274 e. The van der Waals surface area contributed by atoms with Gasteiger partial charge in [0.1, 0.15) is 28.9 Å². The zero-order chi connectivity index (χ0) is 16.4. The summed E-state index contributed by atoms with van der Waals surface area (Å²) in [4.78, 5) is 22.9. The summed E-state index contributed by atoms with van der Waals surface area (Å²) in [6.07, 6.45) is 1.41. The molecule has 1 aliphatic heterocycles. The van der Waals surface area contributed by atoms with Crippen molar-refractivity contribution in [1.29, 1.82) is 0 Å². The third kappa shape index (κ3) is 2.91. The Balaban J connectivity index is 1.57. The summed E-state index contributed by atoms with van der Waals surface area (Å²) in [5, 5.41) is 2.85. The average Bonchev–Trinajstić information content (AvgIpc) is 3.12. The molecule has 0 spiro atoms. The maximum absolute atomic E-state index is 12.5. The highest BCUT2D eigenvalue weighted by molar-refractivity contribution is 7.00. The fourth-order valence-corrected chi connectivity index (χ4v) is 3.08. The number of carbonyl (C=O) groups excluding carboxylic acids is 1. The van der Waals surface area contributed by atoms with Crippen LogP contribution in [0.15, 0.2) is 30.6 Å². The molecule has 1 aliphatic rings. The fourth-order valence-electron chi connectivity index (χ4n) is 2.53. The van der Waals surface area contributed by atoms with E-state index >= 15 is 0 Å². The molecule has 1 amide bonds. The van der Waals surface area contributed by atoms with Crippen molar-refractivity contribution >= 4 is 40.2 Å². The number of morpholine rings is 1. The molecule has 3 aromatic rings. The van der Waals surface area contributed by atoms with Gasteiger partial charge in [0.25, 0.3) is 5.91 Å². The number of rotatable bonds is 3. The Kier molecular flexibility index (Phi) is 4.01. The zero-order valence-corrected chi connectivity index (χ0v) is 13.5. The van der Waals surface area contributed by atoms with Gasteiger partial charge in [-0.05, 0) is 12.1 Å². The van der Waals surface area contributed by atoms with E-state index in [-0.39, 0.29) is 5.91 Å². The smallest absolute Gasteiger partial charge is 0.274 e. The van der Waals surface area contributed by atoms with Gasteiger partial charge in [-0.1, -0.05) is 6.07 Å². The van der Waals surface area contributed by atoms with Crippen molar-refractivity contribution in [2.45, 2.75) is 0 Å². The number of fused-ring (bicyclic) bond motifs is 1. The Bertz CT molecular complexity index is 877. The third-order valence-corrected chi connectivity index (χ3v) is 4.30. The van der Waals surface area contributed by atoms with Crippen molar-refractivity contribution in [3.63, 3.8) is 0 Å². The Hall–Kier alpha value is -2.65. The van der Waals surface area contributed by atoms with E-state index in [1.54, 1.807) is 12.1 Å². The van der Waals surface area contributed by atoms with Crippen LogP contribution in [0.25, 0.3) is 11.0 Å². The SMILES string of the molecule is O=C(Nc1cccc2nsnc12)c1cc(N2CCOCC2)ncn1. The second-order valence-electron chi connectivity index (χ2n) is 5.25. The molecule has 0 bridgehead atoms. The van der Waals surface area contributed by atoms with Gasteiger partial charge in [0, 0.05) is 19.2 Å². The van der Waals surface area contributed by atoms with Crippen LogP contribution in [0.5, 0.6) is 0 Å². The van der Waals surface area contributed by atoms with E-state index in [4.69, 9.17) is 4.74 Å². The van der Waals surface area contributed by atoms with Crippen LogP contribution in [-0.2, 0) is 4.74 Å². The highest BCUT2D eigenvalue weighted by atomic mass is 32.1. The molecular formula is C15H14N6O2S. The molecule has 4 rings (SSSR count). The Morgan fingerprint density at radius 2 is 2.08 bits per heavy atom. The summed E-state index contributed by atoms with van der Waals surface area (Å²) in [6.45, 7) is 2.82. The molecule has 0 saturated carbocycles. The largest absolute Gasteiger partial charge is 0.378 e. The lowest BCUT2D eigenvalue weighted by molar-refractivity contribution is 0.102. The molecule has 2 aromatic heterocycles. The monoisotopic (exact) mass is 342 g/mol. The zero-order valence-electron chi connectivity index (χ0n) is 12.7. The minimum Gasteiger partial charge on any atom is -0.378 e. The van der Waals surface area contributed by atoms with Gasteiger partial charge >= 0.3 is 0 Å². The average molecular weight is 342 g/mol. The minimum atomic E-state index is -0.299. The van der Waals surface area contributed by atoms with Gasteiger partial charge in [-0.2, -0.15) is 8.75 Å². The quantitative estimate of drug-likeness (QED) is 0.772. The molecule has 8 nitrogen and oxygen atoms in total. The molecule has 0 unspecified atom stereocenters. The van der Waals surface area contributed by atoms with Crippen LogP contribution in [0.2, 0.25) is 0 Å². The summed E-state index contributed by atoms with van der Waals surface area (Å²) < 4.78 is 13.7. The van der Waals surface area contributed by atoms with E-state index < -0.39 is 0 Å².